The smallest absolute Gasteiger partial charge is 0.178 e. The predicted molar refractivity (Wildman–Crippen MR) is 77.6 cm³/mol. The summed E-state index contributed by atoms with van der Waals surface area (Å²) in [6.45, 7) is 0. The summed E-state index contributed by atoms with van der Waals surface area (Å²) in [7, 11) is 0. The predicted octanol–water partition coefficient (Wildman–Crippen LogP) is 3.83. The molecule has 0 amide bonds. The molecule has 0 aliphatic carbocycles. The van der Waals surface area contributed by atoms with Gasteiger partial charge in [-0.3, -0.25) is 4.79 Å². The zero-order chi connectivity index (χ0) is 14.4. The number of benzene rings is 2. The number of hydrogen-bond acceptors (Lipinski definition) is 2. The van der Waals surface area contributed by atoms with Crippen molar-refractivity contribution in [3.05, 3.63) is 77.6 Å². The van der Waals surface area contributed by atoms with Gasteiger partial charge in [-0.25, -0.2) is 4.39 Å². The molecule has 0 aromatic heterocycles. The van der Waals surface area contributed by atoms with E-state index in [0.29, 0.717) is 0 Å². The first kappa shape index (κ1) is 13.7. The maximum absolute atomic E-state index is 12.7. The molecule has 0 fully saturated rings. The molecule has 2 nitrogen and oxygen atoms in total. The number of halogens is 1. The Morgan fingerprint density at radius 3 is 1.80 bits per heavy atom. The third-order valence-corrected chi connectivity index (χ3v) is 2.64. The Labute approximate surface area is 116 Å². The topological polar surface area (TPSA) is 37.3 Å². The number of allylic oxidation sites excluding steroid dienone is 2. The molecule has 0 saturated carbocycles. The highest BCUT2D eigenvalue weighted by Gasteiger charge is 1.93. The number of phenolic OH excluding ortho intramolecular Hbond substituents is 1. The lowest BCUT2D eigenvalue weighted by atomic mass is 10.1. The number of rotatable bonds is 4. The van der Waals surface area contributed by atoms with Crippen LogP contribution in [0.2, 0.25) is 0 Å². The van der Waals surface area contributed by atoms with Crippen molar-refractivity contribution < 1.29 is 14.3 Å². The average molecular weight is 268 g/mol. The SMILES string of the molecule is O=C(/C=C/c1ccc(O)cc1)/C=C/c1ccc(F)cc1. The number of carbonyl (C=O) groups excluding carboxylic acids is 1. The van der Waals surface area contributed by atoms with Crippen molar-refractivity contribution in [2.75, 3.05) is 0 Å². The molecule has 20 heavy (non-hydrogen) atoms. The van der Waals surface area contributed by atoms with Gasteiger partial charge in [-0.05, 0) is 47.5 Å². The number of ketones is 1. The van der Waals surface area contributed by atoms with Gasteiger partial charge in [0.2, 0.25) is 0 Å². The first-order chi connectivity index (χ1) is 9.63. The maximum Gasteiger partial charge on any atom is 0.178 e. The summed E-state index contributed by atoms with van der Waals surface area (Å²) in [4.78, 5) is 11.6. The number of hydrogen-bond donors (Lipinski definition) is 1. The van der Waals surface area contributed by atoms with E-state index in [2.05, 4.69) is 0 Å². The highest BCUT2D eigenvalue weighted by atomic mass is 19.1. The molecule has 0 spiro atoms. The maximum atomic E-state index is 12.7. The Morgan fingerprint density at radius 1 is 0.850 bits per heavy atom. The van der Waals surface area contributed by atoms with Gasteiger partial charge in [-0.1, -0.05) is 36.4 Å². The average Bonchev–Trinajstić information content (AvgIpc) is 2.46. The van der Waals surface area contributed by atoms with Crippen molar-refractivity contribution in [3.8, 4) is 5.75 Å². The van der Waals surface area contributed by atoms with Gasteiger partial charge >= 0.3 is 0 Å². The molecule has 2 aromatic rings. The molecular weight excluding hydrogens is 255 g/mol. The lowest BCUT2D eigenvalue weighted by Crippen LogP contribution is -1.85. The van der Waals surface area contributed by atoms with Crippen LogP contribution in [-0.4, -0.2) is 10.9 Å². The van der Waals surface area contributed by atoms with Crippen LogP contribution >= 0.6 is 0 Å². The third kappa shape index (κ3) is 4.21. The van der Waals surface area contributed by atoms with Crippen molar-refractivity contribution in [1.29, 1.82) is 0 Å². The van der Waals surface area contributed by atoms with Crippen LogP contribution in [0.15, 0.2) is 60.7 Å². The van der Waals surface area contributed by atoms with Crippen LogP contribution < -0.4 is 0 Å². The van der Waals surface area contributed by atoms with Crippen LogP contribution in [0, 0.1) is 5.82 Å². The summed E-state index contributed by atoms with van der Waals surface area (Å²) in [6.07, 6.45) is 6.15. The van der Waals surface area contributed by atoms with Crippen molar-refractivity contribution in [1.82, 2.24) is 0 Å². The highest BCUT2D eigenvalue weighted by molar-refractivity contribution is 6.04. The van der Waals surface area contributed by atoms with Gasteiger partial charge < -0.3 is 5.11 Å². The van der Waals surface area contributed by atoms with Crippen LogP contribution in [0.25, 0.3) is 12.2 Å². The van der Waals surface area contributed by atoms with Crippen LogP contribution in [0.3, 0.4) is 0 Å². The summed E-state index contributed by atoms with van der Waals surface area (Å²) in [5.74, 6) is -0.284. The van der Waals surface area contributed by atoms with Crippen molar-refractivity contribution in [3.63, 3.8) is 0 Å². The molecule has 3 heteroatoms. The van der Waals surface area contributed by atoms with E-state index in [1.807, 2.05) is 0 Å². The summed E-state index contributed by atoms with van der Waals surface area (Å²) in [6, 6.07) is 12.4. The van der Waals surface area contributed by atoms with E-state index in [9.17, 15) is 9.18 Å². The lowest BCUT2D eigenvalue weighted by molar-refractivity contribution is -0.110. The van der Waals surface area contributed by atoms with E-state index in [0.717, 1.165) is 11.1 Å². The minimum atomic E-state index is -0.305. The minimum Gasteiger partial charge on any atom is -0.508 e. The standard InChI is InChI=1S/C17H13FO2/c18-15-7-1-13(2-8-15)3-9-16(19)10-4-14-5-11-17(20)12-6-14/h1-12,20H/b9-3+,10-4+. The second-order valence-electron chi connectivity index (χ2n) is 4.21. The van der Waals surface area contributed by atoms with Gasteiger partial charge in [0.05, 0.1) is 0 Å². The quantitative estimate of drug-likeness (QED) is 0.856. The summed E-state index contributed by atoms with van der Waals surface area (Å²) < 4.78 is 12.7. The molecule has 0 unspecified atom stereocenters. The Bertz CT molecular complexity index is 580. The number of aromatic hydroxyl groups is 1. The summed E-state index contributed by atoms with van der Waals surface area (Å²) >= 11 is 0. The molecule has 0 radical (unpaired) electrons. The van der Waals surface area contributed by atoms with Crippen molar-refractivity contribution >= 4 is 17.9 Å². The molecule has 0 aliphatic rings. The van der Waals surface area contributed by atoms with E-state index in [-0.39, 0.29) is 17.3 Å². The Balaban J connectivity index is 1.98. The zero-order valence-electron chi connectivity index (χ0n) is 10.7. The molecule has 0 atom stereocenters. The Hall–Kier alpha value is -2.68. The van der Waals surface area contributed by atoms with E-state index in [4.69, 9.17) is 5.11 Å². The zero-order valence-corrected chi connectivity index (χ0v) is 10.7. The van der Waals surface area contributed by atoms with E-state index in [1.54, 1.807) is 48.6 Å². The minimum absolute atomic E-state index is 0.164. The molecule has 2 aromatic carbocycles. The monoisotopic (exact) mass is 268 g/mol. The van der Waals surface area contributed by atoms with Crippen LogP contribution in [0.4, 0.5) is 4.39 Å². The van der Waals surface area contributed by atoms with Gasteiger partial charge in [0.15, 0.2) is 5.78 Å². The van der Waals surface area contributed by atoms with E-state index < -0.39 is 0 Å². The first-order valence-corrected chi connectivity index (χ1v) is 6.08. The Morgan fingerprint density at radius 2 is 1.30 bits per heavy atom. The molecule has 100 valence electrons. The second-order valence-corrected chi connectivity index (χ2v) is 4.21. The fourth-order valence-electron chi connectivity index (χ4n) is 1.57. The normalized spacial score (nSPS) is 11.2. The summed E-state index contributed by atoms with van der Waals surface area (Å²) in [5, 5.41) is 9.13. The van der Waals surface area contributed by atoms with E-state index in [1.165, 1.54) is 24.3 Å². The van der Waals surface area contributed by atoms with Gasteiger partial charge in [0.25, 0.3) is 0 Å². The largest absolute Gasteiger partial charge is 0.508 e. The van der Waals surface area contributed by atoms with Crippen LogP contribution in [0.1, 0.15) is 11.1 Å². The fraction of sp³-hybridized carbons (Fsp3) is 0. The number of phenols is 1. The van der Waals surface area contributed by atoms with Crippen LogP contribution in [-0.2, 0) is 4.79 Å². The lowest BCUT2D eigenvalue weighted by Gasteiger charge is -1.93. The van der Waals surface area contributed by atoms with E-state index >= 15 is 0 Å². The first-order valence-electron chi connectivity index (χ1n) is 6.08. The van der Waals surface area contributed by atoms with Gasteiger partial charge in [-0.15, -0.1) is 0 Å². The number of carbonyl (C=O) groups is 1. The molecule has 0 bridgehead atoms. The molecule has 2 rings (SSSR count). The second kappa shape index (κ2) is 6.48. The highest BCUT2D eigenvalue weighted by Crippen LogP contribution is 2.11. The molecular formula is C17H13FO2. The van der Waals surface area contributed by atoms with Crippen molar-refractivity contribution in [2.24, 2.45) is 0 Å². The summed E-state index contributed by atoms with van der Waals surface area (Å²) in [5.41, 5.74) is 1.59. The molecule has 0 saturated heterocycles. The van der Waals surface area contributed by atoms with Gasteiger partial charge in [-0.2, -0.15) is 0 Å². The third-order valence-electron chi connectivity index (χ3n) is 2.64. The van der Waals surface area contributed by atoms with Gasteiger partial charge in [0.1, 0.15) is 11.6 Å². The molecule has 0 heterocycles. The fourth-order valence-corrected chi connectivity index (χ4v) is 1.57. The van der Waals surface area contributed by atoms with Crippen molar-refractivity contribution in [2.45, 2.75) is 0 Å². The molecule has 1 N–H and O–H groups in total. The van der Waals surface area contributed by atoms with Gasteiger partial charge in [0, 0.05) is 0 Å². The molecule has 0 aliphatic heterocycles. The van der Waals surface area contributed by atoms with Crippen LogP contribution in [0.5, 0.6) is 5.75 Å². The Kier molecular flexibility index (Phi) is 4.45.